The minimum absolute atomic E-state index is 0.00378. The number of guanidine groups is 2. The van der Waals surface area contributed by atoms with Gasteiger partial charge < -0.3 is 53.2 Å². The number of nitrogens with two attached hydrogens (primary N) is 2. The number of Topliss-reactive ketones (excluding diaryl/α,β-unsaturated/α-hetero) is 4. The van der Waals surface area contributed by atoms with Gasteiger partial charge in [0.15, 0.2) is 35.4 Å². The van der Waals surface area contributed by atoms with Crippen LogP contribution in [0.4, 0.5) is 40.6 Å². The average molecular weight is 1740 g/mol. The molecule has 3 aliphatic heterocycles. The van der Waals surface area contributed by atoms with Crippen LogP contribution in [0.15, 0.2) is 220 Å². The van der Waals surface area contributed by atoms with E-state index in [-0.39, 0.29) is 131 Å². The zero-order chi connectivity index (χ0) is 84.9. The van der Waals surface area contributed by atoms with Crippen molar-refractivity contribution in [3.8, 4) is 0 Å². The molecule has 16 N–H and O–H groups in total. The molecule has 4 heterocycles. The van der Waals surface area contributed by atoms with Crippen molar-refractivity contribution >= 4 is 155 Å². The number of aromatic nitrogens is 3. The van der Waals surface area contributed by atoms with E-state index in [1.807, 2.05) is 0 Å². The highest BCUT2D eigenvalue weighted by atomic mass is 32.2. The summed E-state index contributed by atoms with van der Waals surface area (Å²) in [5, 5.41) is 62.0. The topological polar surface area (TPSA) is 533 Å². The molecule has 7 aromatic rings. The molecule has 121 heavy (non-hydrogen) atoms. The van der Waals surface area contributed by atoms with Gasteiger partial charge in [-0.05, 0) is 133 Å². The molecule has 37 nitrogen and oxygen atoms in total. The Hall–Kier alpha value is -11.4. The quantitative estimate of drug-likeness (QED) is 0.00541. The van der Waals surface area contributed by atoms with Crippen molar-refractivity contribution in [2.75, 3.05) is 46.4 Å². The smallest absolute Gasteiger partial charge is 0.296 e. The van der Waals surface area contributed by atoms with Crippen molar-refractivity contribution in [3.63, 3.8) is 0 Å². The van der Waals surface area contributed by atoms with Crippen molar-refractivity contribution in [2.45, 2.75) is 113 Å². The van der Waals surface area contributed by atoms with Crippen LogP contribution >= 0.6 is 36.1 Å². The van der Waals surface area contributed by atoms with E-state index < -0.39 is 95.2 Å². The van der Waals surface area contributed by atoms with Crippen molar-refractivity contribution in [1.82, 2.24) is 35.4 Å². The number of rotatable bonds is 28. The largest absolute Gasteiger partial charge is 0.369 e. The molecule has 2 amide bonds. The number of carbonyl (C=O) groups is 6. The maximum Gasteiger partial charge on any atom is 0.296 e. The molecular formula is C79H74N16O21S5. The van der Waals surface area contributed by atoms with E-state index in [0.717, 1.165) is 76.0 Å². The van der Waals surface area contributed by atoms with Gasteiger partial charge in [0.05, 0.1) is 91.1 Å². The van der Waals surface area contributed by atoms with Crippen LogP contribution in [-0.2, 0) is 57.9 Å². The molecule has 9 atom stereocenters. The van der Waals surface area contributed by atoms with E-state index in [1.54, 1.807) is 103 Å². The van der Waals surface area contributed by atoms with Crippen LogP contribution in [0.25, 0.3) is 11.1 Å². The summed E-state index contributed by atoms with van der Waals surface area (Å²) < 4.78 is 86.2. The van der Waals surface area contributed by atoms with E-state index in [1.165, 1.54) is 54.2 Å². The Kier molecular flexibility index (Phi) is 23.8. The van der Waals surface area contributed by atoms with E-state index in [2.05, 4.69) is 76.6 Å². The highest BCUT2D eigenvalue weighted by molar-refractivity contribution is 7.95. The number of nitrogens with one attached hydrogen (secondary N) is 7. The SMILES string of the molecule is CN1C(=O)C(C(=O)c2cccc(S(=O)(=O)O)c2)=C2c3ccccc3C(=O)C3=C(Nc4cc(NC5=NC(NC6CCCC(CC7CCCC(Nc8nc(N)nc(Nc9cc(NC%10=C%11C(=O)c%12ccccc%12C%12=C(C(=O)c%13cccc(SOOO)c%13)C(=O)N(C)C(C=C%10)C%11%12)c(SOOO)cc9S(=O)(=O)O)n8)C7)C6)NC(N)=N5)ccc4SOOO)C=CC1C32. The van der Waals surface area contributed by atoms with Crippen molar-refractivity contribution in [2.24, 2.45) is 39.4 Å². The lowest BCUT2D eigenvalue weighted by Gasteiger charge is -2.45. The Morgan fingerprint density at radius 2 is 1.11 bits per heavy atom. The van der Waals surface area contributed by atoms with Gasteiger partial charge in [0.2, 0.25) is 23.8 Å². The third kappa shape index (κ3) is 17.0. The number of hydrogen-bond acceptors (Lipinski definition) is 36. The van der Waals surface area contributed by atoms with Crippen LogP contribution in [0.2, 0.25) is 0 Å². The predicted molar refractivity (Wildman–Crippen MR) is 441 cm³/mol. The fourth-order valence-electron chi connectivity index (χ4n) is 17.5. The number of benzene rings is 6. The molecular weight excluding hydrogens is 1670 g/mol. The van der Waals surface area contributed by atoms with E-state index in [4.69, 9.17) is 30.4 Å². The van der Waals surface area contributed by atoms with Crippen LogP contribution in [0, 0.1) is 23.7 Å². The molecule has 9 unspecified atom stereocenters. The Bertz CT molecular complexity index is 6000. The number of nitrogen functional groups attached to an aromatic ring is 1. The van der Waals surface area contributed by atoms with Gasteiger partial charge in [-0.3, -0.25) is 43.2 Å². The van der Waals surface area contributed by atoms with Crippen molar-refractivity contribution in [1.29, 1.82) is 0 Å². The number of likely N-dealkylation sites (N-methyl/N-ethyl adjacent to an activating group) is 2. The molecule has 0 saturated heterocycles. The summed E-state index contributed by atoms with van der Waals surface area (Å²) in [7, 11) is -6.87. The minimum Gasteiger partial charge on any atom is -0.369 e. The highest BCUT2D eigenvalue weighted by Gasteiger charge is 2.53. The Morgan fingerprint density at radius 1 is 0.562 bits per heavy atom. The zero-order valence-corrected chi connectivity index (χ0v) is 67.7. The van der Waals surface area contributed by atoms with E-state index >= 15 is 4.79 Å². The van der Waals surface area contributed by atoms with E-state index in [9.17, 15) is 60.4 Å². The lowest BCUT2D eigenvalue weighted by atomic mass is 9.65. The molecule has 0 bridgehead atoms. The fourth-order valence-corrected chi connectivity index (χ4v) is 20.0. The van der Waals surface area contributed by atoms with Gasteiger partial charge in [-0.15, -0.1) is 13.0 Å². The van der Waals surface area contributed by atoms with Gasteiger partial charge in [0, 0.05) is 93.4 Å². The molecule has 9 aliphatic rings. The summed E-state index contributed by atoms with van der Waals surface area (Å²) in [5.74, 6) is -5.16. The molecule has 626 valence electrons. The Morgan fingerprint density at radius 3 is 1.70 bits per heavy atom. The summed E-state index contributed by atoms with van der Waals surface area (Å²) >= 11 is 1.59. The van der Waals surface area contributed by atoms with Crippen molar-refractivity contribution in [3.05, 3.63) is 219 Å². The predicted octanol–water partition coefficient (Wildman–Crippen LogP) is 10.6. The Labute approximate surface area is 702 Å². The summed E-state index contributed by atoms with van der Waals surface area (Å²) in [5.41, 5.74) is 15.0. The normalized spacial score (nSPS) is 22.5. The van der Waals surface area contributed by atoms with Gasteiger partial charge in [0.25, 0.3) is 32.1 Å². The highest BCUT2D eigenvalue weighted by Crippen LogP contribution is 2.53. The summed E-state index contributed by atoms with van der Waals surface area (Å²) in [6.45, 7) is 0. The van der Waals surface area contributed by atoms with Crippen LogP contribution in [-0.4, -0.2) is 158 Å². The second kappa shape index (κ2) is 34.6. The third-order valence-electron chi connectivity index (χ3n) is 22.5. The lowest BCUT2D eigenvalue weighted by molar-refractivity contribution is -0.432. The van der Waals surface area contributed by atoms with Crippen LogP contribution in [0.1, 0.15) is 110 Å². The molecule has 6 aromatic carbocycles. The second-order valence-electron chi connectivity index (χ2n) is 29.7. The maximum absolute atomic E-state index is 15.0. The number of carbonyl (C=O) groups excluding carboxylic acids is 6. The molecule has 6 aliphatic carbocycles. The number of nitrogens with zero attached hydrogens (tertiary/aromatic N) is 7. The first-order chi connectivity index (χ1) is 58.2. The Balaban J connectivity index is 0.600. The lowest BCUT2D eigenvalue weighted by Crippen LogP contribution is -2.54. The fraction of sp³-hybridized carbons (Fsp3) is 0.253. The first kappa shape index (κ1) is 83.3. The molecule has 16 rings (SSSR count). The summed E-state index contributed by atoms with van der Waals surface area (Å²) in [6.07, 6.45) is 13.7. The third-order valence-corrected chi connectivity index (χ3v) is 26.1. The van der Waals surface area contributed by atoms with Gasteiger partial charge >= 0.3 is 0 Å². The van der Waals surface area contributed by atoms with Crippen LogP contribution in [0.3, 0.4) is 0 Å². The maximum atomic E-state index is 15.0. The van der Waals surface area contributed by atoms with Gasteiger partial charge in [-0.2, -0.15) is 36.8 Å². The summed E-state index contributed by atoms with van der Waals surface area (Å²) in [4.78, 5) is 113. The molecule has 0 spiro atoms. The number of allylic oxidation sites excluding steroid dienone is 2. The average Bonchev–Trinajstić information content (AvgIpc) is 0.710. The van der Waals surface area contributed by atoms with Gasteiger partial charge in [-0.1, -0.05) is 126 Å². The van der Waals surface area contributed by atoms with E-state index in [0.29, 0.717) is 74.3 Å². The molecule has 42 heteroatoms. The molecule has 2 fully saturated rings. The standard InChI is InChI=1S/C79H74N16O21S5/c1-94-56-27-25-51(63-64(56)60(46-19-3-5-21-48(46)71(63)99)66(72(94)100)68(96)39-13-9-17-44(32-39)117-114-111-102)86-53-35-54(59(121(108,109)110)36-58(53)119-116-113-104)87-79-91-75(81)90-77(93-79)83-42-16-8-12-38(31-42)29-37-11-7-15-41(30-37)82-76-88-74(80)89-78(92-76)84-43-23-28-57(118-115-112-103)52(34-43)85-50-24-26-55-65-61(47-20-4-6-22-49(47)70(98)62(50)65)67(73(101)95(55)2)69(97)40-14-10-18-45(33-40)120(105,106)107/h3-6,9-10,13-14,17-28,32-38,41-42,55-56,64-65,76,82,85-86,102-104H,7-8,11-12,15-16,29-31H2,1-2H3,(H,105,106,107)(H,108,109,110)(H4,80,84,88,89,92)(H4,81,83,87,90,91,93). The van der Waals surface area contributed by atoms with Crippen LogP contribution < -0.4 is 48.7 Å². The number of aliphatic imine (C=N–C) groups is 2. The van der Waals surface area contributed by atoms with Gasteiger partial charge in [-0.25, -0.2) is 20.8 Å². The first-order valence-corrected chi connectivity index (χ1v) is 42.8. The van der Waals surface area contributed by atoms with Crippen LogP contribution in [0.5, 0.6) is 0 Å². The second-order valence-corrected chi connectivity index (χ2v) is 34.8. The minimum atomic E-state index is -5.13. The molecule has 0 radical (unpaired) electrons. The number of amides is 2. The number of hydrogen-bond donors (Lipinski definition) is 14. The summed E-state index contributed by atoms with van der Waals surface area (Å²) in [6, 6.07) is 29.5. The van der Waals surface area contributed by atoms with Gasteiger partial charge in [0.1, 0.15) is 4.90 Å². The monoisotopic (exact) mass is 1740 g/mol. The number of ketones is 4. The number of fused-ring (bicyclic) bond motifs is 4. The molecule has 2 saturated carbocycles. The zero-order valence-electron chi connectivity index (χ0n) is 63.6. The number of anilines is 7. The first-order valence-electron chi connectivity index (χ1n) is 37.7. The molecule has 1 aromatic heterocycles. The van der Waals surface area contributed by atoms with Crippen molar-refractivity contribution < 1.29 is 98.6 Å².